The highest BCUT2D eigenvalue weighted by Gasteiger charge is 2.25. The molecule has 2 amide bonds. The molecule has 0 bridgehead atoms. The fourth-order valence-corrected chi connectivity index (χ4v) is 3.48. The topological polar surface area (TPSA) is 58.2 Å². The molecule has 0 aliphatic heterocycles. The van der Waals surface area contributed by atoms with Crippen LogP contribution in [0, 0.1) is 17.8 Å². The Hall–Kier alpha value is -2.88. The van der Waals surface area contributed by atoms with E-state index in [1.807, 2.05) is 60.7 Å². The van der Waals surface area contributed by atoms with Gasteiger partial charge in [-0.2, -0.15) is 0 Å². The third-order valence-electron chi connectivity index (χ3n) is 4.71. The van der Waals surface area contributed by atoms with Gasteiger partial charge in [0.1, 0.15) is 0 Å². The zero-order valence-electron chi connectivity index (χ0n) is 18.5. The van der Waals surface area contributed by atoms with Crippen molar-refractivity contribution in [3.63, 3.8) is 0 Å². The van der Waals surface area contributed by atoms with Gasteiger partial charge in [-0.05, 0) is 48.9 Å². The first-order valence-electron chi connectivity index (χ1n) is 10.8. The maximum Gasteiger partial charge on any atom is 0.231 e. The summed E-state index contributed by atoms with van der Waals surface area (Å²) in [5.74, 6) is 0.300. The molecule has 4 nitrogen and oxygen atoms in total. The van der Waals surface area contributed by atoms with Crippen LogP contribution in [0.25, 0.3) is 0 Å². The molecule has 0 aromatic heterocycles. The van der Waals surface area contributed by atoms with Crippen molar-refractivity contribution in [2.24, 2.45) is 17.8 Å². The summed E-state index contributed by atoms with van der Waals surface area (Å²) < 4.78 is 0. The van der Waals surface area contributed by atoms with Gasteiger partial charge in [-0.15, -0.1) is 0 Å². The van der Waals surface area contributed by atoms with Gasteiger partial charge in [-0.1, -0.05) is 75.7 Å². The Kier molecular flexibility index (Phi) is 9.33. The smallest absolute Gasteiger partial charge is 0.231 e. The number of hydrogen-bond donors (Lipinski definition) is 2. The first-order valence-corrected chi connectivity index (χ1v) is 10.8. The van der Waals surface area contributed by atoms with Crippen LogP contribution in [-0.4, -0.2) is 11.8 Å². The number of anilines is 2. The minimum atomic E-state index is -0.337. The fourth-order valence-electron chi connectivity index (χ4n) is 3.48. The molecule has 0 saturated carbocycles. The van der Waals surface area contributed by atoms with E-state index in [9.17, 15) is 9.59 Å². The highest BCUT2D eigenvalue weighted by atomic mass is 16.2. The summed E-state index contributed by atoms with van der Waals surface area (Å²) in [4.78, 5) is 25.7. The van der Waals surface area contributed by atoms with E-state index >= 15 is 0 Å². The molecule has 2 N–H and O–H groups in total. The van der Waals surface area contributed by atoms with E-state index in [2.05, 4.69) is 44.4 Å². The van der Waals surface area contributed by atoms with Gasteiger partial charge >= 0.3 is 0 Å². The Labute approximate surface area is 180 Å². The zero-order valence-corrected chi connectivity index (χ0v) is 18.5. The van der Waals surface area contributed by atoms with Gasteiger partial charge in [0.05, 0.1) is 5.92 Å². The first-order chi connectivity index (χ1) is 14.3. The van der Waals surface area contributed by atoms with Crippen LogP contribution in [-0.2, 0) is 9.59 Å². The SMILES string of the molecule is CC(C)/C=C(\CC(C)C)[C@H](CCC(=O)Nc1ccccc1)C(=O)Nc1ccccc1. The molecule has 2 aromatic rings. The van der Waals surface area contributed by atoms with E-state index in [0.717, 1.165) is 23.4 Å². The van der Waals surface area contributed by atoms with Crippen LogP contribution in [0.3, 0.4) is 0 Å². The average Bonchev–Trinajstić information content (AvgIpc) is 2.68. The third-order valence-corrected chi connectivity index (χ3v) is 4.71. The lowest BCUT2D eigenvalue weighted by Crippen LogP contribution is -2.27. The quantitative estimate of drug-likeness (QED) is 0.456. The van der Waals surface area contributed by atoms with Crippen molar-refractivity contribution >= 4 is 23.2 Å². The maximum absolute atomic E-state index is 13.2. The van der Waals surface area contributed by atoms with Crippen LogP contribution in [0.15, 0.2) is 72.3 Å². The molecule has 4 heteroatoms. The van der Waals surface area contributed by atoms with Gasteiger partial charge in [-0.3, -0.25) is 9.59 Å². The number of nitrogens with one attached hydrogen (secondary N) is 2. The number of rotatable bonds is 10. The van der Waals surface area contributed by atoms with E-state index in [1.54, 1.807) is 0 Å². The van der Waals surface area contributed by atoms with Gasteiger partial charge in [0, 0.05) is 17.8 Å². The van der Waals surface area contributed by atoms with Crippen LogP contribution in [0.1, 0.15) is 47.0 Å². The molecule has 1 atom stereocenters. The molecule has 0 radical (unpaired) electrons. The summed E-state index contributed by atoms with van der Waals surface area (Å²) in [7, 11) is 0. The van der Waals surface area contributed by atoms with Crippen molar-refractivity contribution in [3.8, 4) is 0 Å². The Balaban J connectivity index is 2.16. The number of para-hydroxylation sites is 2. The molecule has 0 aliphatic carbocycles. The second-order valence-electron chi connectivity index (χ2n) is 8.44. The first kappa shape index (κ1) is 23.4. The Morgan fingerprint density at radius 1 is 0.833 bits per heavy atom. The monoisotopic (exact) mass is 406 g/mol. The Morgan fingerprint density at radius 2 is 1.37 bits per heavy atom. The standard InChI is InChI=1S/C26H34N2O2/c1-19(2)17-21(18-20(3)4)24(26(30)28-23-13-9-6-10-14-23)15-16-25(29)27-22-11-7-5-8-12-22/h5-14,17,19-20,24H,15-16,18H2,1-4H3,(H,27,29)(H,28,30)/b21-17+/t24-/m0/s1. The maximum atomic E-state index is 13.2. The van der Waals surface area contributed by atoms with E-state index in [1.165, 1.54) is 0 Å². The molecule has 160 valence electrons. The van der Waals surface area contributed by atoms with Gasteiger partial charge in [0.15, 0.2) is 0 Å². The molecule has 0 spiro atoms. The minimum Gasteiger partial charge on any atom is -0.326 e. The number of allylic oxidation sites excluding steroid dienone is 1. The summed E-state index contributed by atoms with van der Waals surface area (Å²) in [5.41, 5.74) is 2.66. The molecule has 2 rings (SSSR count). The number of amides is 2. The lowest BCUT2D eigenvalue weighted by atomic mass is 9.85. The van der Waals surface area contributed by atoms with Gasteiger partial charge < -0.3 is 10.6 Å². The van der Waals surface area contributed by atoms with Crippen LogP contribution in [0.5, 0.6) is 0 Å². The van der Waals surface area contributed by atoms with E-state index in [-0.39, 0.29) is 24.2 Å². The lowest BCUT2D eigenvalue weighted by Gasteiger charge is -2.23. The van der Waals surface area contributed by atoms with Crippen LogP contribution >= 0.6 is 0 Å². The summed E-state index contributed by atoms with van der Waals surface area (Å²) in [6.45, 7) is 8.55. The van der Waals surface area contributed by atoms with Crippen molar-refractivity contribution in [1.29, 1.82) is 0 Å². The third kappa shape index (κ3) is 8.24. The molecular weight excluding hydrogens is 372 g/mol. The van der Waals surface area contributed by atoms with Crippen molar-refractivity contribution in [1.82, 2.24) is 0 Å². The lowest BCUT2D eigenvalue weighted by molar-refractivity contribution is -0.119. The van der Waals surface area contributed by atoms with Gasteiger partial charge in [0.2, 0.25) is 11.8 Å². The molecule has 0 saturated heterocycles. The van der Waals surface area contributed by atoms with E-state index in [4.69, 9.17) is 0 Å². The fraction of sp³-hybridized carbons (Fsp3) is 0.385. The van der Waals surface area contributed by atoms with Crippen molar-refractivity contribution < 1.29 is 9.59 Å². The zero-order chi connectivity index (χ0) is 21.9. The predicted molar refractivity (Wildman–Crippen MR) is 125 cm³/mol. The summed E-state index contributed by atoms with van der Waals surface area (Å²) in [5, 5.41) is 5.95. The van der Waals surface area contributed by atoms with Crippen LogP contribution < -0.4 is 10.6 Å². The van der Waals surface area contributed by atoms with Gasteiger partial charge in [-0.25, -0.2) is 0 Å². The second-order valence-corrected chi connectivity index (χ2v) is 8.44. The van der Waals surface area contributed by atoms with Crippen molar-refractivity contribution in [2.75, 3.05) is 10.6 Å². The molecule has 0 heterocycles. The van der Waals surface area contributed by atoms with Crippen LogP contribution in [0.4, 0.5) is 11.4 Å². The van der Waals surface area contributed by atoms with Gasteiger partial charge in [0.25, 0.3) is 0 Å². The highest BCUT2D eigenvalue weighted by Crippen LogP contribution is 2.27. The minimum absolute atomic E-state index is 0.0544. The van der Waals surface area contributed by atoms with E-state index < -0.39 is 0 Å². The molecule has 2 aromatic carbocycles. The largest absolute Gasteiger partial charge is 0.326 e. The van der Waals surface area contributed by atoms with E-state index in [0.29, 0.717) is 18.3 Å². The number of carbonyl (C=O) groups excluding carboxylic acids is 2. The number of hydrogen-bond acceptors (Lipinski definition) is 2. The molecular formula is C26H34N2O2. The summed E-state index contributed by atoms with van der Waals surface area (Å²) in [6.07, 6.45) is 3.79. The number of benzene rings is 2. The molecule has 0 unspecified atom stereocenters. The number of carbonyl (C=O) groups is 2. The normalized spacial score (nSPS) is 12.7. The molecule has 0 aliphatic rings. The van der Waals surface area contributed by atoms with Crippen molar-refractivity contribution in [3.05, 3.63) is 72.3 Å². The molecule has 30 heavy (non-hydrogen) atoms. The molecule has 0 fully saturated rings. The van der Waals surface area contributed by atoms with Crippen LogP contribution in [0.2, 0.25) is 0 Å². The average molecular weight is 407 g/mol. The summed E-state index contributed by atoms with van der Waals surface area (Å²) in [6, 6.07) is 18.9. The summed E-state index contributed by atoms with van der Waals surface area (Å²) >= 11 is 0. The Morgan fingerprint density at radius 3 is 1.87 bits per heavy atom. The highest BCUT2D eigenvalue weighted by molar-refractivity contribution is 5.95. The van der Waals surface area contributed by atoms with Crippen molar-refractivity contribution in [2.45, 2.75) is 47.0 Å². The Bertz CT molecular complexity index is 827. The second kappa shape index (κ2) is 12.0. The predicted octanol–water partition coefficient (Wildman–Crippen LogP) is 6.29.